The van der Waals surface area contributed by atoms with E-state index in [2.05, 4.69) is 6.92 Å². The lowest BCUT2D eigenvalue weighted by atomic mass is 9.94. The van der Waals surface area contributed by atoms with Crippen LogP contribution >= 0.6 is 0 Å². The number of carbonyl (C=O) groups is 2. The Morgan fingerprint density at radius 3 is 2.41 bits per heavy atom. The number of ether oxygens (including phenoxy) is 2. The Morgan fingerprint density at radius 2 is 1.68 bits per heavy atom. The third kappa shape index (κ3) is 9.08. The summed E-state index contributed by atoms with van der Waals surface area (Å²) < 4.78 is 26.1. The number of hydrogen-bond acceptors (Lipinski definition) is 6. The predicted molar refractivity (Wildman–Crippen MR) is 132 cm³/mol. The van der Waals surface area contributed by atoms with Crippen LogP contribution in [0.3, 0.4) is 0 Å². The summed E-state index contributed by atoms with van der Waals surface area (Å²) in [6.45, 7) is 5.22. The minimum absolute atomic E-state index is 0.0345. The van der Waals surface area contributed by atoms with Gasteiger partial charge in [-0.15, -0.1) is 0 Å². The van der Waals surface area contributed by atoms with Crippen molar-refractivity contribution < 1.29 is 32.0 Å². The number of aromatic hydroxyl groups is 2. The van der Waals surface area contributed by atoms with Crippen LogP contribution < -0.4 is 0 Å². The molecule has 0 bridgehead atoms. The van der Waals surface area contributed by atoms with Crippen molar-refractivity contribution in [2.45, 2.75) is 78.5 Å². The average Bonchev–Trinajstić information content (AvgIpc) is 2.84. The molecule has 2 unspecified atom stereocenters. The highest BCUT2D eigenvalue weighted by atomic mass is 16.7. The van der Waals surface area contributed by atoms with Gasteiger partial charge in [0.1, 0.15) is 11.5 Å². The van der Waals surface area contributed by atoms with Gasteiger partial charge in [0.25, 0.3) is 0 Å². The minimum atomic E-state index is -0.560. The zero-order valence-electron chi connectivity index (χ0n) is 22.4. The van der Waals surface area contributed by atoms with Crippen LogP contribution in [0.4, 0.5) is 0 Å². The number of hydrogen-bond donors (Lipinski definition) is 2. The fourth-order valence-corrected chi connectivity index (χ4v) is 3.71. The Labute approximate surface area is 205 Å². The Morgan fingerprint density at radius 1 is 0.941 bits per heavy atom. The maximum absolute atomic E-state index is 12.5. The lowest BCUT2D eigenvalue weighted by Gasteiger charge is -2.15. The molecule has 0 saturated heterocycles. The molecule has 6 heteroatoms. The van der Waals surface area contributed by atoms with Crippen molar-refractivity contribution in [1.29, 1.82) is 0 Å². The Hall–Kier alpha value is -3.02. The van der Waals surface area contributed by atoms with E-state index < -0.39 is 24.6 Å². The molecule has 0 heterocycles. The first-order valence-electron chi connectivity index (χ1n) is 13.1. The first-order valence-corrected chi connectivity index (χ1v) is 12.0. The van der Waals surface area contributed by atoms with Gasteiger partial charge in [-0.3, -0.25) is 9.59 Å². The molecule has 186 valence electrons. The highest BCUT2D eigenvalue weighted by Gasteiger charge is 2.18. The van der Waals surface area contributed by atoms with E-state index in [9.17, 15) is 19.8 Å². The molecule has 2 atom stereocenters. The number of phenols is 2. The van der Waals surface area contributed by atoms with E-state index in [1.165, 1.54) is 12.1 Å². The normalized spacial score (nSPS) is 13.5. The van der Waals surface area contributed by atoms with Crippen LogP contribution in [0, 0.1) is 5.92 Å². The quantitative estimate of drug-likeness (QED) is 0.272. The zero-order valence-corrected chi connectivity index (χ0v) is 20.4. The molecule has 0 fully saturated rings. The number of rotatable bonds is 14. The van der Waals surface area contributed by atoms with Gasteiger partial charge < -0.3 is 19.7 Å². The Kier molecular flexibility index (Phi) is 10.1. The molecule has 0 aliphatic rings. The standard InChI is InChI=1S/C28H38O6/c1-4-6-8-22-17-25(29)13-10-21(22)12-15-27(31)33-19-34-28(32)20(3)16-24-11-14-26(30)18-23(24)9-7-5-2/h10-11,13-14,17-18,20,29-30H,4-9,12,15-16,19H2,1-3H3/i7T,14T. The van der Waals surface area contributed by atoms with Crippen LogP contribution in [0.5, 0.6) is 11.5 Å². The van der Waals surface area contributed by atoms with Crippen molar-refractivity contribution in [3.8, 4) is 11.5 Å². The summed E-state index contributed by atoms with van der Waals surface area (Å²) in [5.41, 5.74) is 3.46. The van der Waals surface area contributed by atoms with Crippen molar-refractivity contribution >= 4 is 11.9 Å². The van der Waals surface area contributed by atoms with Gasteiger partial charge in [-0.2, -0.15) is 0 Å². The van der Waals surface area contributed by atoms with Crippen molar-refractivity contribution in [1.82, 2.24) is 0 Å². The third-order valence-corrected chi connectivity index (χ3v) is 5.71. The van der Waals surface area contributed by atoms with E-state index in [-0.39, 0.29) is 36.8 Å². The lowest BCUT2D eigenvalue weighted by molar-refractivity contribution is -0.169. The van der Waals surface area contributed by atoms with Gasteiger partial charge in [0.05, 0.1) is 7.29 Å². The second-order valence-electron chi connectivity index (χ2n) is 8.53. The van der Waals surface area contributed by atoms with Crippen LogP contribution in [0.1, 0.15) is 77.8 Å². The van der Waals surface area contributed by atoms with Crippen LogP contribution in [0.2, 0.25) is 0 Å². The molecule has 0 aromatic heterocycles. The molecule has 2 aromatic carbocycles. The van der Waals surface area contributed by atoms with E-state index >= 15 is 0 Å². The van der Waals surface area contributed by atoms with Crippen LogP contribution in [-0.4, -0.2) is 28.9 Å². The number of carbonyl (C=O) groups excluding carboxylic acids is 2. The monoisotopic (exact) mass is 474 g/mol. The van der Waals surface area contributed by atoms with E-state index in [0.717, 1.165) is 41.5 Å². The van der Waals surface area contributed by atoms with Crippen LogP contribution in [-0.2, 0) is 44.7 Å². The summed E-state index contributed by atoms with van der Waals surface area (Å²) in [7, 11) is 0. The van der Waals surface area contributed by atoms with E-state index in [4.69, 9.17) is 12.2 Å². The van der Waals surface area contributed by atoms with Crippen LogP contribution in [0.15, 0.2) is 36.4 Å². The highest BCUT2D eigenvalue weighted by Crippen LogP contribution is 2.23. The first-order chi connectivity index (χ1) is 17.1. The number of esters is 2. The second-order valence-corrected chi connectivity index (χ2v) is 8.53. The fraction of sp³-hybridized carbons (Fsp3) is 0.500. The molecule has 0 radical (unpaired) electrons. The third-order valence-electron chi connectivity index (χ3n) is 5.71. The molecule has 0 aliphatic carbocycles. The summed E-state index contributed by atoms with van der Waals surface area (Å²) in [4.78, 5) is 24.6. The topological polar surface area (TPSA) is 93.1 Å². The number of aryl methyl sites for hydroxylation is 3. The fourth-order valence-electron chi connectivity index (χ4n) is 3.71. The van der Waals surface area contributed by atoms with Gasteiger partial charge in [-0.25, -0.2) is 0 Å². The number of unbranched alkanes of at least 4 members (excludes halogenated alkanes) is 1. The molecule has 0 spiro atoms. The molecule has 6 nitrogen and oxygen atoms in total. The molecular weight excluding hydrogens is 432 g/mol. The minimum Gasteiger partial charge on any atom is -0.508 e. The number of phenolic OH excluding ortho intramolecular Hbond substituents is 2. The second kappa shape index (κ2) is 14.3. The van der Waals surface area contributed by atoms with Gasteiger partial charge in [0.15, 0.2) is 0 Å². The van der Waals surface area contributed by atoms with E-state index in [1.807, 2.05) is 13.0 Å². The zero-order chi connectivity index (χ0) is 26.7. The molecule has 2 aromatic rings. The van der Waals surface area contributed by atoms with Gasteiger partial charge in [0.2, 0.25) is 6.79 Å². The molecule has 34 heavy (non-hydrogen) atoms. The van der Waals surface area contributed by atoms with Gasteiger partial charge in [-0.1, -0.05) is 45.7 Å². The van der Waals surface area contributed by atoms with Crippen molar-refractivity contribution in [3.05, 3.63) is 58.6 Å². The maximum atomic E-state index is 12.5. The molecule has 0 amide bonds. The molecular formula is C28H38O6. The summed E-state index contributed by atoms with van der Waals surface area (Å²) >= 11 is 0. The van der Waals surface area contributed by atoms with E-state index in [0.29, 0.717) is 19.3 Å². The maximum Gasteiger partial charge on any atom is 0.311 e. The summed E-state index contributed by atoms with van der Waals surface area (Å²) in [6.07, 6.45) is 4.46. The Bertz CT molecular complexity index is 1020. The number of benzene rings is 2. The van der Waals surface area contributed by atoms with Crippen molar-refractivity contribution in [2.24, 2.45) is 5.92 Å². The van der Waals surface area contributed by atoms with Crippen LogP contribution in [0.25, 0.3) is 0 Å². The highest BCUT2D eigenvalue weighted by molar-refractivity contribution is 5.73. The summed E-state index contributed by atoms with van der Waals surface area (Å²) in [5, 5.41) is 19.6. The smallest absolute Gasteiger partial charge is 0.311 e. The summed E-state index contributed by atoms with van der Waals surface area (Å²) in [6, 6.07) is 8.14. The van der Waals surface area contributed by atoms with Crippen molar-refractivity contribution in [2.75, 3.05) is 6.79 Å². The molecule has 0 aliphatic heterocycles. The van der Waals surface area contributed by atoms with Gasteiger partial charge in [-0.05, 0) is 85.0 Å². The predicted octanol–water partition coefficient (Wildman–Crippen LogP) is 5.64. The van der Waals surface area contributed by atoms with Crippen molar-refractivity contribution in [3.63, 3.8) is 0 Å². The first kappa shape index (κ1) is 24.1. The Balaban J connectivity index is 1.85. The molecule has 2 N–H and O–H groups in total. The largest absolute Gasteiger partial charge is 0.508 e. The summed E-state index contributed by atoms with van der Waals surface area (Å²) in [5.74, 6) is -1.52. The molecule has 2 rings (SSSR count). The lowest BCUT2D eigenvalue weighted by Crippen LogP contribution is -2.20. The van der Waals surface area contributed by atoms with Gasteiger partial charge >= 0.3 is 11.9 Å². The molecule has 0 saturated carbocycles. The van der Waals surface area contributed by atoms with Gasteiger partial charge in [0, 0.05) is 7.79 Å². The average molecular weight is 475 g/mol. The van der Waals surface area contributed by atoms with E-state index in [1.54, 1.807) is 19.1 Å². The SMILES string of the molecule is [3H]c1cc(CC(C)C(=O)OCOC(=O)CCc2ccc(O)cc2CCCC)c(CC([3H])CC)cc1O.